The summed E-state index contributed by atoms with van der Waals surface area (Å²) in [5.74, 6) is 0.589. The second-order valence-electron chi connectivity index (χ2n) is 2.76. The van der Waals surface area contributed by atoms with Crippen molar-refractivity contribution in [1.29, 1.82) is 5.41 Å². The Morgan fingerprint density at radius 2 is 2.29 bits per heavy atom. The van der Waals surface area contributed by atoms with Gasteiger partial charge in [0.2, 0.25) is 0 Å². The van der Waals surface area contributed by atoms with E-state index >= 15 is 0 Å². The Hall–Kier alpha value is -1.06. The molecule has 0 aliphatic rings. The Balaban J connectivity index is 2.64. The van der Waals surface area contributed by atoms with Crippen LogP contribution >= 0.6 is 11.6 Å². The van der Waals surface area contributed by atoms with Gasteiger partial charge in [-0.05, 0) is 23.8 Å². The summed E-state index contributed by atoms with van der Waals surface area (Å²) in [5.41, 5.74) is 0.740. The van der Waals surface area contributed by atoms with Crippen molar-refractivity contribution in [2.45, 2.75) is 6.42 Å². The summed E-state index contributed by atoms with van der Waals surface area (Å²) in [5, 5.41) is 16.1. The molecule has 0 heterocycles. The van der Waals surface area contributed by atoms with Crippen molar-refractivity contribution >= 4 is 17.8 Å². The molecule has 0 fully saturated rings. The van der Waals surface area contributed by atoms with E-state index in [1.54, 1.807) is 18.2 Å². The maximum atomic E-state index is 8.55. The first kappa shape index (κ1) is 11.0. The predicted molar refractivity (Wildman–Crippen MR) is 56.5 cm³/mol. The molecule has 0 unspecified atom stereocenters. The van der Waals surface area contributed by atoms with Gasteiger partial charge < -0.3 is 15.3 Å². The van der Waals surface area contributed by atoms with Gasteiger partial charge in [0.25, 0.3) is 0 Å². The molecule has 3 nitrogen and oxygen atoms in total. The third kappa shape index (κ3) is 3.01. The van der Waals surface area contributed by atoms with Crippen LogP contribution in [0.25, 0.3) is 0 Å². The zero-order chi connectivity index (χ0) is 10.4. The van der Waals surface area contributed by atoms with Crippen molar-refractivity contribution in [2.75, 3.05) is 13.2 Å². The number of halogens is 1. The topological polar surface area (TPSA) is 53.3 Å². The minimum Gasteiger partial charge on any atom is -0.492 e. The number of hydrogen-bond donors (Lipinski definition) is 2. The van der Waals surface area contributed by atoms with Crippen LogP contribution in [0.1, 0.15) is 12.0 Å². The SMILES string of the molecule is N=Cc1ccc(OCCCO)c(Cl)c1. The van der Waals surface area contributed by atoms with Crippen LogP contribution < -0.4 is 4.74 Å². The molecular formula is C10H12ClNO2. The highest BCUT2D eigenvalue weighted by Gasteiger charge is 2.01. The second kappa shape index (κ2) is 5.62. The van der Waals surface area contributed by atoms with E-state index in [1.807, 2.05) is 0 Å². The van der Waals surface area contributed by atoms with Crippen LogP contribution in [0.5, 0.6) is 5.75 Å². The smallest absolute Gasteiger partial charge is 0.137 e. The number of ether oxygens (including phenoxy) is 1. The van der Waals surface area contributed by atoms with Crippen LogP contribution in [0.3, 0.4) is 0 Å². The first-order valence-electron chi connectivity index (χ1n) is 4.31. The van der Waals surface area contributed by atoms with E-state index in [2.05, 4.69) is 0 Å². The van der Waals surface area contributed by atoms with E-state index in [1.165, 1.54) is 6.21 Å². The molecule has 0 aromatic heterocycles. The van der Waals surface area contributed by atoms with Crippen molar-refractivity contribution < 1.29 is 9.84 Å². The van der Waals surface area contributed by atoms with Gasteiger partial charge in [-0.25, -0.2) is 0 Å². The highest BCUT2D eigenvalue weighted by Crippen LogP contribution is 2.24. The number of rotatable bonds is 5. The zero-order valence-electron chi connectivity index (χ0n) is 7.66. The summed E-state index contributed by atoms with van der Waals surface area (Å²) in [4.78, 5) is 0. The first-order chi connectivity index (χ1) is 6.77. The van der Waals surface area contributed by atoms with E-state index < -0.39 is 0 Å². The van der Waals surface area contributed by atoms with Gasteiger partial charge >= 0.3 is 0 Å². The van der Waals surface area contributed by atoms with Gasteiger partial charge in [-0.2, -0.15) is 0 Å². The fourth-order valence-electron chi connectivity index (χ4n) is 0.971. The predicted octanol–water partition coefficient (Wildman–Crippen LogP) is 2.10. The molecule has 1 rings (SSSR count). The lowest BCUT2D eigenvalue weighted by molar-refractivity contribution is 0.233. The lowest BCUT2D eigenvalue weighted by Gasteiger charge is -2.07. The van der Waals surface area contributed by atoms with Gasteiger partial charge in [0.15, 0.2) is 0 Å². The Morgan fingerprint density at radius 1 is 1.50 bits per heavy atom. The van der Waals surface area contributed by atoms with Gasteiger partial charge in [0.05, 0.1) is 11.6 Å². The number of hydrogen-bond acceptors (Lipinski definition) is 3. The molecule has 14 heavy (non-hydrogen) atoms. The van der Waals surface area contributed by atoms with Crippen LogP contribution in [-0.2, 0) is 0 Å². The van der Waals surface area contributed by atoms with Crippen LogP contribution in [0.2, 0.25) is 5.02 Å². The average molecular weight is 214 g/mol. The summed E-state index contributed by atoms with van der Waals surface area (Å²) in [6.45, 7) is 0.552. The van der Waals surface area contributed by atoms with E-state index in [0.29, 0.717) is 23.8 Å². The Labute approximate surface area is 87.8 Å². The molecule has 0 aliphatic heterocycles. The molecule has 1 aromatic carbocycles. The maximum Gasteiger partial charge on any atom is 0.137 e. The van der Waals surface area contributed by atoms with Gasteiger partial charge in [-0.3, -0.25) is 0 Å². The zero-order valence-corrected chi connectivity index (χ0v) is 8.42. The van der Waals surface area contributed by atoms with Crippen LogP contribution in [0, 0.1) is 5.41 Å². The summed E-state index contributed by atoms with van der Waals surface area (Å²) in [6, 6.07) is 5.15. The molecule has 0 bridgehead atoms. The van der Waals surface area contributed by atoms with Gasteiger partial charge in [-0.1, -0.05) is 11.6 Å². The standard InChI is InChI=1S/C10H12ClNO2/c11-9-6-8(7-12)2-3-10(9)14-5-1-4-13/h2-3,6-7,12-13H,1,4-5H2. The minimum atomic E-state index is 0.107. The third-order valence-electron chi connectivity index (χ3n) is 1.68. The molecule has 0 atom stereocenters. The maximum absolute atomic E-state index is 8.55. The molecule has 4 heteroatoms. The molecule has 0 amide bonds. The van der Waals surface area contributed by atoms with Crippen molar-refractivity contribution in [3.05, 3.63) is 28.8 Å². The highest BCUT2D eigenvalue weighted by atomic mass is 35.5. The fourth-order valence-corrected chi connectivity index (χ4v) is 1.21. The molecule has 0 saturated heterocycles. The molecule has 76 valence electrons. The molecule has 1 aromatic rings. The first-order valence-corrected chi connectivity index (χ1v) is 4.69. The summed E-state index contributed by atoms with van der Waals surface area (Å²) in [7, 11) is 0. The summed E-state index contributed by atoms with van der Waals surface area (Å²) < 4.78 is 5.31. The largest absolute Gasteiger partial charge is 0.492 e. The van der Waals surface area contributed by atoms with Gasteiger partial charge in [0.1, 0.15) is 5.75 Å². The lowest BCUT2D eigenvalue weighted by Crippen LogP contribution is -2.00. The molecule has 0 aliphatic carbocycles. The van der Waals surface area contributed by atoms with E-state index in [0.717, 1.165) is 5.56 Å². The van der Waals surface area contributed by atoms with Crippen LogP contribution in [-0.4, -0.2) is 24.5 Å². The van der Waals surface area contributed by atoms with Gasteiger partial charge in [-0.15, -0.1) is 0 Å². The normalized spacial score (nSPS) is 9.86. The van der Waals surface area contributed by atoms with Crippen molar-refractivity contribution in [2.24, 2.45) is 0 Å². The highest BCUT2D eigenvalue weighted by molar-refractivity contribution is 6.32. The quantitative estimate of drug-likeness (QED) is 0.581. The fraction of sp³-hybridized carbons (Fsp3) is 0.300. The molecule has 0 spiro atoms. The molecule has 0 radical (unpaired) electrons. The van der Waals surface area contributed by atoms with E-state index in [4.69, 9.17) is 26.9 Å². The van der Waals surface area contributed by atoms with E-state index in [-0.39, 0.29) is 6.61 Å². The average Bonchev–Trinajstić information content (AvgIpc) is 2.20. The molecule has 2 N–H and O–H groups in total. The number of benzene rings is 1. The second-order valence-corrected chi connectivity index (χ2v) is 3.17. The monoisotopic (exact) mass is 213 g/mol. The van der Waals surface area contributed by atoms with Crippen molar-refractivity contribution in [1.82, 2.24) is 0 Å². The van der Waals surface area contributed by atoms with Crippen molar-refractivity contribution in [3.8, 4) is 5.75 Å². The van der Waals surface area contributed by atoms with Crippen LogP contribution in [0.15, 0.2) is 18.2 Å². The molecule has 0 saturated carbocycles. The lowest BCUT2D eigenvalue weighted by atomic mass is 10.2. The van der Waals surface area contributed by atoms with Crippen molar-refractivity contribution in [3.63, 3.8) is 0 Å². The Kier molecular flexibility index (Phi) is 4.43. The molecular weight excluding hydrogens is 202 g/mol. The number of aliphatic hydroxyl groups is 1. The third-order valence-corrected chi connectivity index (χ3v) is 1.98. The van der Waals surface area contributed by atoms with E-state index in [9.17, 15) is 0 Å². The van der Waals surface area contributed by atoms with Gasteiger partial charge in [0, 0.05) is 19.2 Å². The Bertz CT molecular complexity index is 315. The minimum absolute atomic E-state index is 0.107. The number of nitrogens with one attached hydrogen (secondary N) is 1. The number of aliphatic hydroxyl groups excluding tert-OH is 1. The summed E-state index contributed by atoms with van der Waals surface area (Å²) >= 11 is 5.90. The van der Waals surface area contributed by atoms with Crippen LogP contribution in [0.4, 0.5) is 0 Å². The Morgan fingerprint density at radius 3 is 2.86 bits per heavy atom. The summed E-state index contributed by atoms with van der Waals surface area (Å²) in [6.07, 6.45) is 1.81.